The number of hydrogen-bond acceptors (Lipinski definition) is 6. The zero-order chi connectivity index (χ0) is 24.4. The van der Waals surface area contributed by atoms with Gasteiger partial charge in [-0.1, -0.05) is 17.7 Å². The van der Waals surface area contributed by atoms with Crippen molar-refractivity contribution in [1.82, 2.24) is 4.31 Å². The van der Waals surface area contributed by atoms with Gasteiger partial charge in [0, 0.05) is 13.1 Å². The third-order valence-corrected chi connectivity index (χ3v) is 8.64. The van der Waals surface area contributed by atoms with Crippen LogP contribution in [-0.4, -0.2) is 59.5 Å². The molecule has 1 atom stereocenters. The van der Waals surface area contributed by atoms with Gasteiger partial charge < -0.3 is 10.1 Å². The molecule has 1 aliphatic rings. The summed E-state index contributed by atoms with van der Waals surface area (Å²) in [6.07, 6.45) is 2.63. The number of anilines is 2. The highest BCUT2D eigenvalue weighted by molar-refractivity contribution is 7.92. The molecule has 1 fully saturated rings. The third-order valence-electron chi connectivity index (χ3n) is 5.51. The molecule has 2 aromatic carbocycles. The van der Waals surface area contributed by atoms with E-state index in [9.17, 15) is 21.6 Å². The summed E-state index contributed by atoms with van der Waals surface area (Å²) < 4.78 is 58.6. The normalized spacial score (nSPS) is 15.8. The fourth-order valence-corrected chi connectivity index (χ4v) is 6.48. The van der Waals surface area contributed by atoms with Crippen LogP contribution in [0.5, 0.6) is 5.75 Å². The number of benzene rings is 2. The average molecular weight is 496 g/mol. The van der Waals surface area contributed by atoms with Crippen LogP contribution in [0.2, 0.25) is 0 Å². The molecular formula is C22H29N3O6S2. The van der Waals surface area contributed by atoms with Crippen molar-refractivity contribution in [3.63, 3.8) is 0 Å². The summed E-state index contributed by atoms with van der Waals surface area (Å²) in [6, 6.07) is 9.91. The first-order chi connectivity index (χ1) is 15.4. The van der Waals surface area contributed by atoms with Crippen LogP contribution in [0.4, 0.5) is 11.4 Å². The van der Waals surface area contributed by atoms with Crippen molar-refractivity contribution in [3.8, 4) is 5.75 Å². The van der Waals surface area contributed by atoms with E-state index in [2.05, 4.69) is 5.32 Å². The van der Waals surface area contributed by atoms with Crippen molar-refractivity contribution in [2.24, 2.45) is 0 Å². The predicted octanol–water partition coefficient (Wildman–Crippen LogP) is 2.58. The maximum absolute atomic E-state index is 13.1. The van der Waals surface area contributed by atoms with Crippen molar-refractivity contribution in [1.29, 1.82) is 0 Å². The largest absolute Gasteiger partial charge is 0.495 e. The second kappa shape index (κ2) is 9.70. The van der Waals surface area contributed by atoms with Crippen LogP contribution in [0, 0.1) is 6.92 Å². The molecule has 0 aromatic heterocycles. The molecule has 33 heavy (non-hydrogen) atoms. The van der Waals surface area contributed by atoms with Crippen LogP contribution in [0.15, 0.2) is 47.4 Å². The molecule has 3 rings (SSSR count). The Balaban J connectivity index is 1.92. The summed E-state index contributed by atoms with van der Waals surface area (Å²) in [6.45, 7) is 4.24. The molecule has 180 valence electrons. The van der Waals surface area contributed by atoms with Gasteiger partial charge in [-0.15, -0.1) is 0 Å². The Hall–Kier alpha value is -2.63. The molecular weight excluding hydrogens is 466 g/mol. The fraction of sp³-hybridized carbons (Fsp3) is 0.409. The summed E-state index contributed by atoms with van der Waals surface area (Å²) >= 11 is 0. The van der Waals surface area contributed by atoms with Gasteiger partial charge in [-0.3, -0.25) is 9.10 Å². The van der Waals surface area contributed by atoms with Crippen molar-refractivity contribution < 1.29 is 26.4 Å². The first-order valence-electron chi connectivity index (χ1n) is 10.5. The maximum Gasteiger partial charge on any atom is 0.248 e. The summed E-state index contributed by atoms with van der Waals surface area (Å²) in [7, 11) is -6.09. The van der Waals surface area contributed by atoms with E-state index in [1.165, 1.54) is 36.5 Å². The van der Waals surface area contributed by atoms with Crippen LogP contribution in [0.3, 0.4) is 0 Å². The zero-order valence-electron chi connectivity index (χ0n) is 19.1. The summed E-state index contributed by atoms with van der Waals surface area (Å²) in [5, 5.41) is 2.65. The number of hydrogen-bond donors (Lipinski definition) is 1. The van der Waals surface area contributed by atoms with E-state index >= 15 is 0 Å². The lowest BCUT2D eigenvalue weighted by Crippen LogP contribution is -2.45. The average Bonchev–Trinajstić information content (AvgIpc) is 3.30. The highest BCUT2D eigenvalue weighted by Crippen LogP contribution is 2.31. The summed E-state index contributed by atoms with van der Waals surface area (Å²) in [5.41, 5.74) is 1.44. The fourth-order valence-electron chi connectivity index (χ4n) is 3.76. The molecule has 1 unspecified atom stereocenters. The molecule has 0 radical (unpaired) electrons. The Labute approximate surface area is 195 Å². The standard InChI is InChI=1S/C22H29N3O6S2/c1-16-7-9-18(10-8-16)25(32(4,27)28)17(2)22(26)23-20-15-19(11-12-21(20)31-3)33(29,30)24-13-5-6-14-24/h7-12,15,17H,5-6,13-14H2,1-4H3,(H,23,26). The van der Waals surface area contributed by atoms with E-state index in [4.69, 9.17) is 4.74 Å². The lowest BCUT2D eigenvalue weighted by atomic mass is 10.2. The topological polar surface area (TPSA) is 113 Å². The predicted molar refractivity (Wildman–Crippen MR) is 128 cm³/mol. The lowest BCUT2D eigenvalue weighted by Gasteiger charge is -2.28. The molecule has 1 saturated heterocycles. The number of carbonyl (C=O) groups is 1. The number of ether oxygens (including phenoxy) is 1. The Morgan fingerprint density at radius 1 is 1.06 bits per heavy atom. The molecule has 0 saturated carbocycles. The minimum absolute atomic E-state index is 0.0339. The Morgan fingerprint density at radius 3 is 2.21 bits per heavy atom. The first kappa shape index (κ1) is 25.0. The minimum atomic E-state index is -3.79. The monoisotopic (exact) mass is 495 g/mol. The molecule has 1 aliphatic heterocycles. The highest BCUT2D eigenvalue weighted by Gasteiger charge is 2.31. The number of amides is 1. The zero-order valence-corrected chi connectivity index (χ0v) is 20.7. The number of aryl methyl sites for hydroxylation is 1. The van der Waals surface area contributed by atoms with Crippen LogP contribution < -0.4 is 14.4 Å². The number of nitrogens with zero attached hydrogens (tertiary/aromatic N) is 2. The molecule has 11 heteroatoms. The van der Waals surface area contributed by atoms with E-state index in [1.54, 1.807) is 24.3 Å². The molecule has 0 aliphatic carbocycles. The van der Waals surface area contributed by atoms with E-state index in [0.717, 1.165) is 29.0 Å². The van der Waals surface area contributed by atoms with Gasteiger partial charge in [0.25, 0.3) is 0 Å². The number of carbonyl (C=O) groups excluding carboxylic acids is 1. The van der Waals surface area contributed by atoms with Crippen molar-refractivity contribution >= 4 is 37.3 Å². The smallest absolute Gasteiger partial charge is 0.248 e. The van der Waals surface area contributed by atoms with Gasteiger partial charge in [0.2, 0.25) is 26.0 Å². The molecule has 1 N–H and O–H groups in total. The van der Waals surface area contributed by atoms with Gasteiger partial charge in [0.1, 0.15) is 11.8 Å². The molecule has 0 spiro atoms. The van der Waals surface area contributed by atoms with Crippen molar-refractivity contribution in [3.05, 3.63) is 48.0 Å². The molecule has 1 heterocycles. The summed E-state index contributed by atoms with van der Waals surface area (Å²) in [5.74, 6) is -0.368. The van der Waals surface area contributed by atoms with Crippen LogP contribution >= 0.6 is 0 Å². The Bertz CT molecular complexity index is 1220. The van der Waals surface area contributed by atoms with E-state index in [0.29, 0.717) is 18.8 Å². The van der Waals surface area contributed by atoms with Gasteiger partial charge in [-0.25, -0.2) is 16.8 Å². The van der Waals surface area contributed by atoms with E-state index in [1.807, 2.05) is 6.92 Å². The number of methoxy groups -OCH3 is 1. The summed E-state index contributed by atoms with van der Waals surface area (Å²) in [4.78, 5) is 13.1. The number of nitrogens with one attached hydrogen (secondary N) is 1. The van der Waals surface area contributed by atoms with Crippen molar-refractivity contribution in [2.75, 3.05) is 36.1 Å². The molecule has 9 nitrogen and oxygen atoms in total. The van der Waals surface area contributed by atoms with Gasteiger partial charge in [-0.2, -0.15) is 4.31 Å². The number of rotatable bonds is 8. The van der Waals surface area contributed by atoms with Crippen LogP contribution in [0.25, 0.3) is 0 Å². The van der Waals surface area contributed by atoms with E-state index in [-0.39, 0.29) is 16.3 Å². The minimum Gasteiger partial charge on any atom is -0.495 e. The van der Waals surface area contributed by atoms with Crippen molar-refractivity contribution in [2.45, 2.75) is 37.6 Å². The van der Waals surface area contributed by atoms with E-state index < -0.39 is 32.0 Å². The first-order valence-corrected chi connectivity index (χ1v) is 13.8. The quantitative estimate of drug-likeness (QED) is 0.602. The molecule has 1 amide bonds. The lowest BCUT2D eigenvalue weighted by molar-refractivity contribution is -0.116. The second-order valence-corrected chi connectivity index (χ2v) is 11.8. The van der Waals surface area contributed by atoms with Crippen LogP contribution in [-0.2, 0) is 24.8 Å². The number of sulfonamides is 2. The van der Waals surface area contributed by atoms with Gasteiger partial charge in [-0.05, 0) is 57.0 Å². The molecule has 2 aromatic rings. The highest BCUT2D eigenvalue weighted by atomic mass is 32.2. The van der Waals surface area contributed by atoms with Gasteiger partial charge in [0.15, 0.2) is 0 Å². The van der Waals surface area contributed by atoms with Gasteiger partial charge in [0.05, 0.1) is 29.6 Å². The Kier molecular flexibility index (Phi) is 7.35. The van der Waals surface area contributed by atoms with Crippen LogP contribution in [0.1, 0.15) is 25.3 Å². The molecule has 0 bridgehead atoms. The van der Waals surface area contributed by atoms with Gasteiger partial charge >= 0.3 is 0 Å². The maximum atomic E-state index is 13.1. The third kappa shape index (κ3) is 5.48. The second-order valence-electron chi connectivity index (χ2n) is 8.03. The SMILES string of the molecule is COc1ccc(S(=O)(=O)N2CCCC2)cc1NC(=O)C(C)N(c1ccc(C)cc1)S(C)(=O)=O. The Morgan fingerprint density at radius 2 is 1.67 bits per heavy atom.